The summed E-state index contributed by atoms with van der Waals surface area (Å²) >= 11 is 0. The van der Waals surface area contributed by atoms with Crippen LogP contribution in [0.4, 0.5) is 31.8 Å². The lowest BCUT2D eigenvalue weighted by Gasteiger charge is -2.28. The number of anilines is 4. The van der Waals surface area contributed by atoms with Crippen LogP contribution < -0.4 is 14.9 Å². The molecule has 1 aromatic heterocycles. The van der Waals surface area contributed by atoms with Gasteiger partial charge < -0.3 is 15.0 Å². The highest BCUT2D eigenvalue weighted by molar-refractivity contribution is 7.92. The van der Waals surface area contributed by atoms with Gasteiger partial charge in [0.2, 0.25) is 0 Å². The highest BCUT2D eigenvalue weighted by Crippen LogP contribution is 2.24. The number of sulfonamides is 1. The van der Waals surface area contributed by atoms with Crippen LogP contribution in [0.3, 0.4) is 0 Å². The summed E-state index contributed by atoms with van der Waals surface area (Å²) in [4.78, 5) is 10.4. The van der Waals surface area contributed by atoms with Crippen LogP contribution in [0.5, 0.6) is 0 Å². The minimum Gasteiger partial charge on any atom is -0.378 e. The maximum atomic E-state index is 13.9. The van der Waals surface area contributed by atoms with Gasteiger partial charge in [0, 0.05) is 36.6 Å². The lowest BCUT2D eigenvalue weighted by molar-refractivity contribution is 0.122. The van der Waals surface area contributed by atoms with Crippen molar-refractivity contribution in [3.63, 3.8) is 0 Å². The SMILES string of the molecule is Cc1nc(Nc2ccc(NS(=O)(=O)c3ccc(F)cc3F)cc2)cc(N2CCOCC2)n1. The Kier molecular flexibility index (Phi) is 6.19. The van der Waals surface area contributed by atoms with E-state index in [4.69, 9.17) is 4.74 Å². The maximum absolute atomic E-state index is 13.9. The number of halogens is 2. The van der Waals surface area contributed by atoms with E-state index < -0.39 is 26.6 Å². The molecule has 4 rings (SSSR count). The third kappa shape index (κ3) is 5.11. The molecule has 32 heavy (non-hydrogen) atoms. The summed E-state index contributed by atoms with van der Waals surface area (Å²) in [5.41, 5.74) is 0.902. The Morgan fingerprint density at radius 2 is 1.66 bits per heavy atom. The molecule has 2 aromatic carbocycles. The summed E-state index contributed by atoms with van der Waals surface area (Å²) in [7, 11) is -4.20. The number of hydrogen-bond acceptors (Lipinski definition) is 7. The van der Waals surface area contributed by atoms with Gasteiger partial charge in [-0.3, -0.25) is 4.72 Å². The molecule has 8 nitrogen and oxygen atoms in total. The smallest absolute Gasteiger partial charge is 0.264 e. The summed E-state index contributed by atoms with van der Waals surface area (Å²) in [6.45, 7) is 4.59. The lowest BCUT2D eigenvalue weighted by Crippen LogP contribution is -2.36. The van der Waals surface area contributed by atoms with E-state index in [0.717, 1.165) is 31.0 Å². The number of hydrogen-bond donors (Lipinski definition) is 2. The molecule has 0 spiro atoms. The van der Waals surface area contributed by atoms with Crippen molar-refractivity contribution in [1.82, 2.24) is 9.97 Å². The number of aryl methyl sites for hydroxylation is 1. The first-order chi connectivity index (χ1) is 15.3. The Hall–Kier alpha value is -3.31. The fraction of sp³-hybridized carbons (Fsp3) is 0.238. The minimum atomic E-state index is -4.20. The molecular weight excluding hydrogens is 440 g/mol. The van der Waals surface area contributed by atoms with Gasteiger partial charge in [-0.05, 0) is 43.3 Å². The normalized spacial score (nSPS) is 14.3. The molecule has 3 aromatic rings. The first-order valence-corrected chi connectivity index (χ1v) is 11.3. The highest BCUT2D eigenvalue weighted by atomic mass is 32.2. The standard InChI is InChI=1S/C21H21F2N5O3S/c1-14-24-20(13-21(25-14)28-8-10-31-11-9-28)26-16-3-5-17(6-4-16)27-32(29,30)19-7-2-15(22)12-18(19)23/h2-7,12-13,27H,8-11H2,1H3,(H,24,25,26). The molecule has 0 unspecified atom stereocenters. The quantitative estimate of drug-likeness (QED) is 0.581. The highest BCUT2D eigenvalue weighted by Gasteiger charge is 2.20. The van der Waals surface area contributed by atoms with Crippen LogP contribution in [0.2, 0.25) is 0 Å². The summed E-state index contributed by atoms with van der Waals surface area (Å²) in [5, 5.41) is 3.17. The first-order valence-electron chi connectivity index (χ1n) is 9.83. The summed E-state index contributed by atoms with van der Waals surface area (Å²) < 4.78 is 59.4. The Balaban J connectivity index is 1.48. The second kappa shape index (κ2) is 9.05. The van der Waals surface area contributed by atoms with Gasteiger partial charge in [0.1, 0.15) is 34.0 Å². The second-order valence-electron chi connectivity index (χ2n) is 7.14. The maximum Gasteiger partial charge on any atom is 0.264 e. The monoisotopic (exact) mass is 461 g/mol. The van der Waals surface area contributed by atoms with Crippen LogP contribution in [0.1, 0.15) is 5.82 Å². The number of ether oxygens (including phenoxy) is 1. The largest absolute Gasteiger partial charge is 0.378 e. The molecule has 1 aliphatic heterocycles. The minimum absolute atomic E-state index is 0.229. The van der Waals surface area contributed by atoms with Gasteiger partial charge in [0.25, 0.3) is 10.0 Å². The Bertz CT molecular complexity index is 1220. The Morgan fingerprint density at radius 1 is 0.969 bits per heavy atom. The molecule has 1 aliphatic rings. The van der Waals surface area contributed by atoms with Crippen molar-refractivity contribution in [3.8, 4) is 0 Å². The van der Waals surface area contributed by atoms with Gasteiger partial charge in [0.15, 0.2) is 0 Å². The topological polar surface area (TPSA) is 96.5 Å². The van der Waals surface area contributed by atoms with Crippen LogP contribution in [-0.2, 0) is 14.8 Å². The van der Waals surface area contributed by atoms with Crippen molar-refractivity contribution < 1.29 is 21.9 Å². The third-order valence-electron chi connectivity index (χ3n) is 4.75. The molecule has 0 aliphatic carbocycles. The van der Waals surface area contributed by atoms with Gasteiger partial charge in [-0.15, -0.1) is 0 Å². The average Bonchev–Trinajstić information content (AvgIpc) is 2.75. The molecule has 0 amide bonds. The van der Waals surface area contributed by atoms with Crippen molar-refractivity contribution >= 4 is 33.0 Å². The van der Waals surface area contributed by atoms with E-state index in [1.807, 2.05) is 13.0 Å². The molecule has 2 heterocycles. The van der Waals surface area contributed by atoms with Gasteiger partial charge in [-0.2, -0.15) is 0 Å². The molecule has 11 heteroatoms. The number of morpholine rings is 1. The fourth-order valence-electron chi connectivity index (χ4n) is 3.24. The third-order valence-corrected chi connectivity index (χ3v) is 6.17. The number of nitrogens with zero attached hydrogens (tertiary/aromatic N) is 3. The lowest BCUT2D eigenvalue weighted by atomic mass is 10.3. The second-order valence-corrected chi connectivity index (χ2v) is 8.79. The van der Waals surface area contributed by atoms with Crippen molar-refractivity contribution in [2.45, 2.75) is 11.8 Å². The zero-order valence-corrected chi connectivity index (χ0v) is 18.0. The number of benzene rings is 2. The van der Waals surface area contributed by atoms with E-state index >= 15 is 0 Å². The number of aromatic nitrogens is 2. The summed E-state index contributed by atoms with van der Waals surface area (Å²) in [6.07, 6.45) is 0. The molecule has 1 fully saturated rings. The molecule has 0 radical (unpaired) electrons. The van der Waals surface area contributed by atoms with Crippen molar-refractivity contribution in [3.05, 3.63) is 66.0 Å². The van der Waals surface area contributed by atoms with Crippen LogP contribution in [-0.4, -0.2) is 44.7 Å². The van der Waals surface area contributed by atoms with Crippen molar-refractivity contribution in [2.24, 2.45) is 0 Å². The van der Waals surface area contributed by atoms with E-state index in [-0.39, 0.29) is 5.69 Å². The van der Waals surface area contributed by atoms with Crippen LogP contribution >= 0.6 is 0 Å². The van der Waals surface area contributed by atoms with Gasteiger partial charge in [0.05, 0.1) is 13.2 Å². The molecule has 1 saturated heterocycles. The first kappa shape index (κ1) is 21.9. The molecule has 0 bridgehead atoms. The predicted molar refractivity (Wildman–Crippen MR) is 117 cm³/mol. The van der Waals surface area contributed by atoms with E-state index in [1.165, 1.54) is 12.1 Å². The molecule has 168 valence electrons. The average molecular weight is 461 g/mol. The van der Waals surface area contributed by atoms with Crippen molar-refractivity contribution in [1.29, 1.82) is 0 Å². The fourth-order valence-corrected chi connectivity index (χ4v) is 4.36. The van der Waals surface area contributed by atoms with E-state index in [9.17, 15) is 17.2 Å². The molecule has 2 N–H and O–H groups in total. The Morgan fingerprint density at radius 3 is 2.34 bits per heavy atom. The summed E-state index contributed by atoms with van der Waals surface area (Å²) in [6, 6.07) is 10.5. The van der Waals surface area contributed by atoms with E-state index in [0.29, 0.717) is 36.6 Å². The Labute approximate surface area is 184 Å². The predicted octanol–water partition coefficient (Wildman–Crippen LogP) is 3.44. The van der Waals surface area contributed by atoms with Gasteiger partial charge in [-0.1, -0.05) is 0 Å². The zero-order chi connectivity index (χ0) is 22.7. The molecule has 0 atom stereocenters. The van der Waals surface area contributed by atoms with Gasteiger partial charge >= 0.3 is 0 Å². The zero-order valence-electron chi connectivity index (χ0n) is 17.2. The van der Waals surface area contributed by atoms with Crippen LogP contribution in [0, 0.1) is 18.6 Å². The van der Waals surface area contributed by atoms with Gasteiger partial charge in [-0.25, -0.2) is 27.2 Å². The van der Waals surface area contributed by atoms with Crippen molar-refractivity contribution in [2.75, 3.05) is 41.2 Å². The molecular formula is C21H21F2N5O3S. The number of rotatable bonds is 6. The van der Waals surface area contributed by atoms with E-state index in [2.05, 4.69) is 24.9 Å². The molecule has 0 saturated carbocycles. The van der Waals surface area contributed by atoms with Crippen LogP contribution in [0.15, 0.2) is 53.4 Å². The van der Waals surface area contributed by atoms with Crippen LogP contribution in [0.25, 0.3) is 0 Å². The summed E-state index contributed by atoms with van der Waals surface area (Å²) in [5.74, 6) is -0.00323. The van der Waals surface area contributed by atoms with E-state index in [1.54, 1.807) is 12.1 Å². The number of nitrogens with one attached hydrogen (secondary N) is 2.